The predicted molar refractivity (Wildman–Crippen MR) is 111 cm³/mol. The summed E-state index contributed by atoms with van der Waals surface area (Å²) < 4.78 is 26.2. The molecular weight excluding hydrogens is 376 g/mol. The first-order valence-electron chi connectivity index (χ1n) is 9.27. The number of amides is 1. The summed E-state index contributed by atoms with van der Waals surface area (Å²) in [7, 11) is -3.33. The van der Waals surface area contributed by atoms with Gasteiger partial charge in [0.15, 0.2) is 0 Å². The van der Waals surface area contributed by atoms with Crippen LogP contribution < -0.4 is 10.0 Å². The third kappa shape index (κ3) is 3.73. The van der Waals surface area contributed by atoms with Crippen molar-refractivity contribution in [2.24, 2.45) is 5.92 Å². The summed E-state index contributed by atoms with van der Waals surface area (Å²) >= 11 is 0. The van der Waals surface area contributed by atoms with Crippen LogP contribution in [-0.2, 0) is 14.8 Å². The lowest BCUT2D eigenvalue weighted by molar-refractivity contribution is -0.117. The Morgan fingerprint density at radius 2 is 2.00 bits per heavy atom. The van der Waals surface area contributed by atoms with Crippen molar-refractivity contribution in [1.82, 2.24) is 9.97 Å². The number of anilines is 2. The Labute approximate surface area is 163 Å². The highest BCUT2D eigenvalue weighted by molar-refractivity contribution is 7.92. The predicted octanol–water partition coefficient (Wildman–Crippen LogP) is 3.65. The molecule has 0 saturated heterocycles. The van der Waals surface area contributed by atoms with Crippen LogP contribution in [0.1, 0.15) is 25.3 Å². The number of fused-ring (bicyclic) bond motifs is 1. The van der Waals surface area contributed by atoms with Gasteiger partial charge in [-0.05, 0) is 67.6 Å². The summed E-state index contributed by atoms with van der Waals surface area (Å²) in [6, 6.07) is 9.25. The minimum atomic E-state index is -3.33. The summed E-state index contributed by atoms with van der Waals surface area (Å²) in [5, 5.41) is 3.84. The number of hydrogen-bond donors (Lipinski definition) is 3. The molecule has 7 nitrogen and oxygen atoms in total. The lowest BCUT2D eigenvalue weighted by atomic mass is 9.98. The van der Waals surface area contributed by atoms with Crippen molar-refractivity contribution < 1.29 is 13.2 Å². The van der Waals surface area contributed by atoms with Crippen LogP contribution in [0.4, 0.5) is 11.5 Å². The van der Waals surface area contributed by atoms with Gasteiger partial charge in [0.25, 0.3) is 0 Å². The van der Waals surface area contributed by atoms with Gasteiger partial charge in [0.1, 0.15) is 11.5 Å². The van der Waals surface area contributed by atoms with Gasteiger partial charge in [-0.25, -0.2) is 13.4 Å². The zero-order valence-electron chi connectivity index (χ0n) is 15.7. The average molecular weight is 398 g/mol. The molecule has 1 aliphatic rings. The highest BCUT2D eigenvalue weighted by atomic mass is 32.2. The van der Waals surface area contributed by atoms with Crippen LogP contribution in [0.15, 0.2) is 36.5 Å². The zero-order valence-corrected chi connectivity index (χ0v) is 16.6. The largest absolute Gasteiger partial charge is 0.346 e. The first kappa shape index (κ1) is 18.5. The van der Waals surface area contributed by atoms with Gasteiger partial charge >= 0.3 is 0 Å². The number of rotatable bonds is 6. The molecule has 2 aromatic heterocycles. The van der Waals surface area contributed by atoms with Crippen LogP contribution in [0.3, 0.4) is 0 Å². The highest BCUT2D eigenvalue weighted by Crippen LogP contribution is 2.34. The number of aromatic amines is 1. The topological polar surface area (TPSA) is 104 Å². The normalized spacial score (nSPS) is 14.2. The van der Waals surface area contributed by atoms with Crippen LogP contribution in [0.25, 0.3) is 22.2 Å². The van der Waals surface area contributed by atoms with Gasteiger partial charge in [-0.2, -0.15) is 0 Å². The van der Waals surface area contributed by atoms with Crippen LogP contribution in [0, 0.1) is 12.8 Å². The van der Waals surface area contributed by atoms with Crippen LogP contribution >= 0.6 is 0 Å². The smallest absolute Gasteiger partial charge is 0.232 e. The van der Waals surface area contributed by atoms with E-state index >= 15 is 0 Å². The molecule has 1 amide bonds. The minimum Gasteiger partial charge on any atom is -0.346 e. The van der Waals surface area contributed by atoms with Crippen molar-refractivity contribution in [3.63, 3.8) is 0 Å². The van der Waals surface area contributed by atoms with Crippen molar-refractivity contribution >= 4 is 38.5 Å². The maximum atomic E-state index is 12.1. The van der Waals surface area contributed by atoms with E-state index in [-0.39, 0.29) is 17.6 Å². The van der Waals surface area contributed by atoms with Crippen molar-refractivity contribution in [1.29, 1.82) is 0 Å². The monoisotopic (exact) mass is 398 g/mol. The molecule has 0 spiro atoms. The fourth-order valence-corrected chi connectivity index (χ4v) is 3.81. The molecule has 1 aromatic carbocycles. The second-order valence-corrected chi connectivity index (χ2v) is 9.10. The molecule has 3 aromatic rings. The van der Waals surface area contributed by atoms with Crippen molar-refractivity contribution in [2.45, 2.75) is 26.7 Å². The van der Waals surface area contributed by atoms with Crippen molar-refractivity contribution in [3.05, 3.63) is 42.1 Å². The number of hydrogen-bond acceptors (Lipinski definition) is 4. The molecule has 146 valence electrons. The number of pyridine rings is 1. The number of carbonyl (C=O) groups is 1. The van der Waals surface area contributed by atoms with Gasteiger partial charge < -0.3 is 10.3 Å². The Bertz CT molecular complexity index is 1160. The number of nitrogens with one attached hydrogen (secondary N) is 3. The number of benzene rings is 1. The van der Waals surface area contributed by atoms with E-state index < -0.39 is 10.0 Å². The highest BCUT2D eigenvalue weighted by Gasteiger charge is 2.30. The zero-order chi connectivity index (χ0) is 19.9. The molecule has 8 heteroatoms. The van der Waals surface area contributed by atoms with E-state index in [0.29, 0.717) is 17.2 Å². The fraction of sp³-hybridized carbons (Fsp3) is 0.300. The lowest BCUT2D eigenvalue weighted by Crippen LogP contribution is -2.15. The Morgan fingerprint density at radius 1 is 1.21 bits per heavy atom. The molecule has 4 rings (SSSR count). The Morgan fingerprint density at radius 3 is 2.68 bits per heavy atom. The van der Waals surface area contributed by atoms with E-state index in [0.717, 1.165) is 34.9 Å². The first-order chi connectivity index (χ1) is 13.4. The van der Waals surface area contributed by atoms with E-state index in [1.54, 1.807) is 13.0 Å². The van der Waals surface area contributed by atoms with Crippen LogP contribution in [-0.4, -0.2) is 30.0 Å². The molecule has 0 radical (unpaired) electrons. The molecule has 1 fully saturated rings. The second kappa shape index (κ2) is 6.94. The Kier molecular flexibility index (Phi) is 4.58. The molecule has 0 bridgehead atoms. The van der Waals surface area contributed by atoms with Gasteiger partial charge in [-0.1, -0.05) is 6.07 Å². The van der Waals surface area contributed by atoms with Gasteiger partial charge in [0, 0.05) is 23.2 Å². The van der Waals surface area contributed by atoms with E-state index in [1.807, 2.05) is 37.4 Å². The molecule has 28 heavy (non-hydrogen) atoms. The van der Waals surface area contributed by atoms with Gasteiger partial charge in [0.05, 0.1) is 5.75 Å². The summed E-state index contributed by atoms with van der Waals surface area (Å²) in [5.41, 5.74) is 4.03. The molecular formula is C20H22N4O3S. The SMILES string of the molecule is CCS(=O)(=O)Nc1ccc(-c2cc(NC(=O)C3CC3)nc3[nH]ccc23)c(C)c1. The molecule has 2 heterocycles. The second-order valence-electron chi connectivity index (χ2n) is 7.09. The summed E-state index contributed by atoms with van der Waals surface area (Å²) in [5.74, 6) is 0.631. The molecule has 1 aliphatic carbocycles. The summed E-state index contributed by atoms with van der Waals surface area (Å²) in [6.07, 6.45) is 3.67. The van der Waals surface area contributed by atoms with Gasteiger partial charge in [0.2, 0.25) is 15.9 Å². The van der Waals surface area contributed by atoms with Crippen LogP contribution in [0.2, 0.25) is 0 Å². The van der Waals surface area contributed by atoms with Gasteiger partial charge in [-0.3, -0.25) is 9.52 Å². The molecule has 0 aliphatic heterocycles. The van der Waals surface area contributed by atoms with Crippen molar-refractivity contribution in [3.8, 4) is 11.1 Å². The number of aryl methyl sites for hydroxylation is 1. The fourth-order valence-electron chi connectivity index (χ4n) is 3.18. The van der Waals surface area contributed by atoms with E-state index in [4.69, 9.17) is 0 Å². The number of carbonyl (C=O) groups excluding carboxylic acids is 1. The van der Waals surface area contributed by atoms with Crippen LogP contribution in [0.5, 0.6) is 0 Å². The maximum Gasteiger partial charge on any atom is 0.232 e. The number of sulfonamides is 1. The van der Waals surface area contributed by atoms with E-state index in [2.05, 4.69) is 20.0 Å². The van der Waals surface area contributed by atoms with E-state index in [9.17, 15) is 13.2 Å². The third-order valence-corrected chi connectivity index (χ3v) is 6.20. The average Bonchev–Trinajstić information content (AvgIpc) is 3.39. The number of aromatic nitrogens is 2. The summed E-state index contributed by atoms with van der Waals surface area (Å²) in [4.78, 5) is 19.7. The Hall–Kier alpha value is -2.87. The summed E-state index contributed by atoms with van der Waals surface area (Å²) in [6.45, 7) is 3.53. The first-order valence-corrected chi connectivity index (χ1v) is 10.9. The standard InChI is InChI=1S/C20H22N4O3S/c1-3-28(26,27)24-14-6-7-15(12(2)10-14)17-11-18(23-20(25)13-4-5-13)22-19-16(17)8-9-21-19/h6-11,13,24H,3-5H2,1-2H3,(H2,21,22,23,25). The Balaban J connectivity index is 1.73. The maximum absolute atomic E-state index is 12.1. The van der Waals surface area contributed by atoms with Crippen molar-refractivity contribution in [2.75, 3.05) is 15.8 Å². The molecule has 1 saturated carbocycles. The van der Waals surface area contributed by atoms with E-state index in [1.165, 1.54) is 0 Å². The lowest BCUT2D eigenvalue weighted by Gasteiger charge is -2.13. The van der Waals surface area contributed by atoms with Gasteiger partial charge in [-0.15, -0.1) is 0 Å². The minimum absolute atomic E-state index is 0.00500. The molecule has 3 N–H and O–H groups in total. The third-order valence-electron chi connectivity index (χ3n) is 4.90. The molecule has 0 unspecified atom stereocenters. The number of nitrogens with zero attached hydrogens (tertiary/aromatic N) is 1. The number of H-pyrrole nitrogens is 1. The quantitative estimate of drug-likeness (QED) is 0.589. The molecule has 0 atom stereocenters.